The highest BCUT2D eigenvalue weighted by Crippen LogP contribution is 2.08. The van der Waals surface area contributed by atoms with E-state index in [4.69, 9.17) is 9.47 Å². The highest BCUT2D eigenvalue weighted by Gasteiger charge is 2.14. The molecule has 0 radical (unpaired) electrons. The Bertz CT molecular complexity index is 170. The fourth-order valence-corrected chi connectivity index (χ4v) is 0.889. The molecule has 0 fully saturated rings. The van der Waals surface area contributed by atoms with E-state index in [1.807, 2.05) is 34.6 Å². The maximum absolute atomic E-state index is 11.1. The van der Waals surface area contributed by atoms with Crippen LogP contribution in [0.15, 0.2) is 0 Å². The number of carbonyl (C=O) groups is 1. The zero-order chi connectivity index (χ0) is 11.2. The van der Waals surface area contributed by atoms with Crippen LogP contribution >= 0.6 is 0 Å². The lowest BCUT2D eigenvalue weighted by molar-refractivity contribution is -0.153. The van der Waals surface area contributed by atoms with E-state index in [-0.39, 0.29) is 17.7 Å². The van der Waals surface area contributed by atoms with Gasteiger partial charge in [0.2, 0.25) is 0 Å². The van der Waals surface area contributed by atoms with Crippen LogP contribution in [-0.2, 0) is 14.3 Å². The fraction of sp³-hybridized carbons (Fsp3) is 0.909. The third kappa shape index (κ3) is 8.05. The van der Waals surface area contributed by atoms with Crippen LogP contribution < -0.4 is 0 Å². The van der Waals surface area contributed by atoms with Gasteiger partial charge in [0.1, 0.15) is 6.10 Å². The van der Waals surface area contributed by atoms with E-state index in [1.165, 1.54) is 0 Å². The van der Waals surface area contributed by atoms with E-state index in [9.17, 15) is 4.79 Å². The SMILES string of the molecule is CCCC(=O)OC(C)COC(C)(C)C. The molecule has 0 aromatic heterocycles. The van der Waals surface area contributed by atoms with Gasteiger partial charge in [0.05, 0.1) is 12.2 Å². The number of hydrogen-bond donors (Lipinski definition) is 0. The summed E-state index contributed by atoms with van der Waals surface area (Å²) in [5.41, 5.74) is -0.175. The number of ether oxygens (including phenoxy) is 2. The molecule has 3 heteroatoms. The molecule has 0 saturated carbocycles. The van der Waals surface area contributed by atoms with Gasteiger partial charge in [-0.1, -0.05) is 6.92 Å². The first-order valence-corrected chi connectivity index (χ1v) is 5.18. The monoisotopic (exact) mass is 202 g/mol. The molecule has 14 heavy (non-hydrogen) atoms. The summed E-state index contributed by atoms with van der Waals surface area (Å²) in [6.45, 7) is 10.2. The molecule has 0 amide bonds. The highest BCUT2D eigenvalue weighted by atomic mass is 16.6. The van der Waals surface area contributed by atoms with Crippen LogP contribution in [0.4, 0.5) is 0 Å². The van der Waals surface area contributed by atoms with Crippen molar-refractivity contribution in [2.75, 3.05) is 6.61 Å². The van der Waals surface area contributed by atoms with E-state index in [2.05, 4.69) is 0 Å². The molecule has 0 rings (SSSR count). The zero-order valence-electron chi connectivity index (χ0n) is 9.92. The average Bonchev–Trinajstić information content (AvgIpc) is 2.00. The van der Waals surface area contributed by atoms with Crippen LogP contribution in [0.2, 0.25) is 0 Å². The first-order chi connectivity index (χ1) is 6.35. The van der Waals surface area contributed by atoms with Crippen LogP contribution in [0.5, 0.6) is 0 Å². The van der Waals surface area contributed by atoms with Crippen molar-refractivity contribution in [3.05, 3.63) is 0 Å². The van der Waals surface area contributed by atoms with Gasteiger partial charge in [0.15, 0.2) is 0 Å². The number of rotatable bonds is 5. The summed E-state index contributed by atoms with van der Waals surface area (Å²) in [5, 5.41) is 0. The maximum Gasteiger partial charge on any atom is 0.306 e. The number of carbonyl (C=O) groups excluding carboxylic acids is 1. The van der Waals surface area contributed by atoms with Gasteiger partial charge in [-0.25, -0.2) is 0 Å². The lowest BCUT2D eigenvalue weighted by atomic mass is 10.2. The predicted molar refractivity (Wildman–Crippen MR) is 56.2 cm³/mol. The van der Waals surface area contributed by atoms with Gasteiger partial charge >= 0.3 is 5.97 Å². The van der Waals surface area contributed by atoms with Crippen LogP contribution in [0.25, 0.3) is 0 Å². The van der Waals surface area contributed by atoms with Crippen molar-refractivity contribution in [3.63, 3.8) is 0 Å². The molecule has 0 saturated heterocycles. The highest BCUT2D eigenvalue weighted by molar-refractivity contribution is 5.69. The summed E-state index contributed by atoms with van der Waals surface area (Å²) in [7, 11) is 0. The van der Waals surface area contributed by atoms with Crippen molar-refractivity contribution < 1.29 is 14.3 Å². The van der Waals surface area contributed by atoms with Crippen molar-refractivity contribution in [1.29, 1.82) is 0 Å². The molecular formula is C11H22O3. The van der Waals surface area contributed by atoms with Crippen LogP contribution in [-0.4, -0.2) is 24.3 Å². The predicted octanol–water partition coefficient (Wildman–Crippen LogP) is 2.53. The lowest BCUT2D eigenvalue weighted by Gasteiger charge is -2.22. The van der Waals surface area contributed by atoms with Crippen LogP contribution in [0.1, 0.15) is 47.5 Å². The molecule has 0 aliphatic heterocycles. The standard InChI is InChI=1S/C11H22O3/c1-6-7-10(12)14-9(2)8-13-11(3,4)5/h9H,6-8H2,1-5H3. The van der Waals surface area contributed by atoms with Gasteiger partial charge < -0.3 is 9.47 Å². The normalized spacial score (nSPS) is 13.8. The molecule has 0 spiro atoms. The Labute approximate surface area is 86.8 Å². The third-order valence-electron chi connectivity index (χ3n) is 1.54. The second-order valence-electron chi connectivity index (χ2n) is 4.47. The molecule has 0 aliphatic rings. The van der Waals surface area contributed by atoms with E-state index in [0.717, 1.165) is 6.42 Å². The van der Waals surface area contributed by atoms with Crippen molar-refractivity contribution in [2.45, 2.75) is 59.2 Å². The summed E-state index contributed by atoms with van der Waals surface area (Å²) in [5.74, 6) is -0.141. The van der Waals surface area contributed by atoms with E-state index >= 15 is 0 Å². The quantitative estimate of drug-likeness (QED) is 0.643. The molecule has 1 unspecified atom stereocenters. The molecule has 0 heterocycles. The molecular weight excluding hydrogens is 180 g/mol. The van der Waals surface area contributed by atoms with E-state index in [1.54, 1.807) is 0 Å². The van der Waals surface area contributed by atoms with Crippen LogP contribution in [0, 0.1) is 0 Å². The molecule has 1 atom stereocenters. The molecule has 0 N–H and O–H groups in total. The van der Waals surface area contributed by atoms with Gasteiger partial charge in [-0.2, -0.15) is 0 Å². The Hall–Kier alpha value is -0.570. The topological polar surface area (TPSA) is 35.5 Å². The summed E-state index contributed by atoms with van der Waals surface area (Å²) < 4.78 is 10.6. The largest absolute Gasteiger partial charge is 0.460 e. The Morgan fingerprint density at radius 1 is 1.36 bits per heavy atom. The minimum Gasteiger partial charge on any atom is -0.460 e. The number of esters is 1. The summed E-state index contributed by atoms with van der Waals surface area (Å²) >= 11 is 0. The molecule has 0 bridgehead atoms. The maximum atomic E-state index is 11.1. The minimum absolute atomic E-state index is 0.141. The third-order valence-corrected chi connectivity index (χ3v) is 1.54. The summed E-state index contributed by atoms with van der Waals surface area (Å²) in [6.07, 6.45) is 1.15. The Morgan fingerprint density at radius 3 is 2.36 bits per heavy atom. The summed E-state index contributed by atoms with van der Waals surface area (Å²) in [6, 6.07) is 0. The van der Waals surface area contributed by atoms with E-state index in [0.29, 0.717) is 13.0 Å². The van der Waals surface area contributed by atoms with Crippen molar-refractivity contribution >= 4 is 5.97 Å². The van der Waals surface area contributed by atoms with Crippen molar-refractivity contribution in [3.8, 4) is 0 Å². The Kier molecular flexibility index (Phi) is 5.77. The van der Waals surface area contributed by atoms with E-state index < -0.39 is 0 Å². The molecule has 3 nitrogen and oxygen atoms in total. The van der Waals surface area contributed by atoms with Gasteiger partial charge in [0, 0.05) is 6.42 Å². The number of hydrogen-bond acceptors (Lipinski definition) is 3. The fourth-order valence-electron chi connectivity index (χ4n) is 0.889. The van der Waals surface area contributed by atoms with Gasteiger partial charge in [-0.15, -0.1) is 0 Å². The molecule has 0 aromatic rings. The second-order valence-corrected chi connectivity index (χ2v) is 4.47. The zero-order valence-corrected chi connectivity index (χ0v) is 9.92. The van der Waals surface area contributed by atoms with Crippen molar-refractivity contribution in [2.24, 2.45) is 0 Å². The average molecular weight is 202 g/mol. The summed E-state index contributed by atoms with van der Waals surface area (Å²) in [4.78, 5) is 11.1. The lowest BCUT2D eigenvalue weighted by Crippen LogP contribution is -2.27. The van der Waals surface area contributed by atoms with Crippen LogP contribution in [0.3, 0.4) is 0 Å². The molecule has 84 valence electrons. The van der Waals surface area contributed by atoms with Crippen molar-refractivity contribution in [1.82, 2.24) is 0 Å². The molecule has 0 aromatic carbocycles. The second kappa shape index (κ2) is 6.02. The molecule has 0 aliphatic carbocycles. The Balaban J connectivity index is 3.65. The first kappa shape index (κ1) is 13.4. The van der Waals surface area contributed by atoms with Gasteiger partial charge in [-0.3, -0.25) is 4.79 Å². The van der Waals surface area contributed by atoms with Gasteiger partial charge in [-0.05, 0) is 34.1 Å². The van der Waals surface area contributed by atoms with Gasteiger partial charge in [0.25, 0.3) is 0 Å². The smallest absolute Gasteiger partial charge is 0.306 e. The minimum atomic E-state index is -0.175. The Morgan fingerprint density at radius 2 is 1.93 bits per heavy atom. The first-order valence-electron chi connectivity index (χ1n) is 5.18.